The number of alkyl halides is 16. The van der Waals surface area contributed by atoms with E-state index in [1.165, 1.54) is 0 Å². The van der Waals surface area contributed by atoms with Gasteiger partial charge in [-0.15, -0.1) is 0 Å². The molecule has 8 aliphatic heterocycles. The monoisotopic (exact) mass is 2320 g/mol. The second-order valence-corrected chi connectivity index (χ2v) is 35.9. The van der Waals surface area contributed by atoms with Gasteiger partial charge in [0.15, 0.2) is 30.5 Å². The van der Waals surface area contributed by atoms with E-state index in [0.717, 1.165) is 6.92 Å². The van der Waals surface area contributed by atoms with Crippen LogP contribution in [0.1, 0.15) is 104 Å². The summed E-state index contributed by atoms with van der Waals surface area (Å²) in [5, 5.41) is 81.5. The van der Waals surface area contributed by atoms with Crippen molar-refractivity contribution in [3.05, 3.63) is 0 Å². The van der Waals surface area contributed by atoms with Gasteiger partial charge in [-0.25, -0.2) is 67.1 Å². The minimum atomic E-state index is -4.27. The number of esters is 16. The molecule has 0 spiro atoms. The Morgan fingerprint density at radius 1 is 0.370 bits per heavy atom. The quantitative estimate of drug-likeness (QED) is 0.0152. The number of rotatable bonds is 40. The highest BCUT2D eigenvalue weighted by Crippen LogP contribution is 2.62. The van der Waals surface area contributed by atoms with Crippen LogP contribution in [0.25, 0.3) is 0 Å². The predicted octanol–water partition coefficient (Wildman–Crippen LogP) is -3.19. The first kappa shape index (κ1) is 129. The highest BCUT2D eigenvalue weighted by Gasteiger charge is 2.71. The zero-order valence-corrected chi connectivity index (χ0v) is 78.1. The lowest BCUT2D eigenvalue weighted by molar-refractivity contribution is -0.777. The molecule has 12 aliphatic rings. The molecule has 836 valence electrons. The molecule has 0 aromatic carbocycles. The Bertz CT molecular complexity index is 4400. The maximum atomic E-state index is 13.4. The molecule has 0 amide bonds. The molecule has 0 aromatic rings. The topological polar surface area (TPSA) is 793 Å². The van der Waals surface area contributed by atoms with Crippen molar-refractivity contribution in [2.24, 2.45) is 35.5 Å². The number of ether oxygens (including phenoxy) is 16. The lowest BCUT2D eigenvalue weighted by atomic mass is 9.79. The van der Waals surface area contributed by atoms with Crippen LogP contribution >= 0.6 is 96.3 Å². The van der Waals surface area contributed by atoms with Crippen LogP contribution in [-0.4, -0.2) is 259 Å². The number of carbonyl (C=O) groups excluding carboxylic acids is 16. The molecular formula is C64H64F16O58S8-8. The van der Waals surface area contributed by atoms with Crippen molar-refractivity contribution < 1.29 is 350 Å². The Kier molecular flexibility index (Phi) is 51.2. The minimum absolute atomic E-state index is 0.0622. The zero-order chi connectivity index (χ0) is 110. The lowest BCUT2D eigenvalue weighted by Crippen LogP contribution is -2.48. The molecule has 58 nitrogen and oxygen atoms in total. The Morgan fingerprint density at radius 3 is 1.16 bits per heavy atom. The van der Waals surface area contributed by atoms with Crippen LogP contribution in [0, 0.1) is 35.5 Å². The SMILES string of the molecule is CC1(OC(=O)C(F)(F)SOO[O-])CCCOC1=O.CC12OC(=O)C3CC(CC31)C2OC(=O)C(F)(F)SOO[O-].CC1CCC(OC(=O)C(F)(F)SOO[O-])C(=O)O1.O=C1OC2C3CC(CC13)C2OC(=O)C(F)(F)SOO[O-].O=C1OCC(O)C1OC(=O)C(F)(F)SOO[O-].O=C1OCC(OC(=O)C(F)(F)SOO[O-])C1O.O=C1OCCCC1OC(=O)C(F)(F)SOO[O-].O=C1OCCCCC1OC(=O)C(F)(F)SOO[O-]. The van der Waals surface area contributed by atoms with Crippen molar-refractivity contribution in [3.63, 3.8) is 0 Å². The van der Waals surface area contributed by atoms with Crippen molar-refractivity contribution in [3.8, 4) is 0 Å². The van der Waals surface area contributed by atoms with Crippen molar-refractivity contribution >= 4 is 192 Å². The fraction of sp³-hybridized carbons (Fsp3) is 0.750. The number of aliphatic hydroxyl groups is 2. The Hall–Kier alpha value is -7.84. The summed E-state index contributed by atoms with van der Waals surface area (Å²) < 4.78 is 308. The molecule has 4 bridgehead atoms. The maximum absolute atomic E-state index is 13.4. The van der Waals surface area contributed by atoms with Gasteiger partial charge in [-0.2, -0.15) is 105 Å². The number of fused-ring (bicyclic) bond motifs is 2. The van der Waals surface area contributed by atoms with E-state index in [2.05, 4.69) is 127 Å². The molecule has 8 heterocycles. The van der Waals surface area contributed by atoms with Gasteiger partial charge in [0, 0.05) is 30.1 Å². The first-order valence-electron chi connectivity index (χ1n) is 38.8. The van der Waals surface area contributed by atoms with Crippen molar-refractivity contribution in [2.75, 3.05) is 33.0 Å². The molecule has 82 heteroatoms. The average Bonchev–Trinajstić information content (AvgIpc) is 1.55. The Labute approximate surface area is 831 Å². The fourth-order valence-electron chi connectivity index (χ4n) is 13.7. The minimum Gasteiger partial charge on any atom is -0.691 e. The van der Waals surface area contributed by atoms with Gasteiger partial charge in [0.05, 0.1) is 37.8 Å². The van der Waals surface area contributed by atoms with Crippen LogP contribution in [0.2, 0.25) is 0 Å². The number of cyclic esters (lactones) is 6. The smallest absolute Gasteiger partial charge is 0.415 e. The van der Waals surface area contributed by atoms with Gasteiger partial charge < -0.3 is 128 Å². The number of halogens is 16. The third kappa shape index (κ3) is 37.3. The third-order valence-corrected chi connectivity index (χ3v) is 24.0. The number of aliphatic hydroxyl groups excluding tert-OH is 2. The highest BCUT2D eigenvalue weighted by molar-refractivity contribution is 7.98. The van der Waals surface area contributed by atoms with Crippen LogP contribution in [-0.2, 0) is 227 Å². The standard InChI is InChI=1S/C11H12F2O7S.C10H10F2O7S.3C8H10F2O7S.C7H8F2O7S.2C6H6F2O8S/c1-10-6-3-4(2-5(6)8(14)18-10)7(10)17-9(15)11(12,13)21-20-19-16;11-10(12,20-19-18-15)9(14)17-6-3-1-4-5(2-3)8(13)16-7(4)6;1-7(3-2-4-14-5(7)11)15-6(12)8(9,10)18-17-16-13;1-4-2-3-5(6(11)14-4)15-7(12)8(9,10)18-17-16-13;9-8(10,18-17-16-13)7(12)15-5-3-1-2-4-14-6(5)11;8-7(9,17-16-15-12)6(11)14-4-2-1-3-13-5(4)10;7-6(8,17-16-15-12)5(11)14-2-1-13-4(10)3(2)9;7-6(8,17-16-15-12)5(11)14-3-2(9)1-13-4(3)10/h4-7,16H,2-3H2,1H3;3-7,15H,1-2H2;13H,2-4H2,1H3;4-5,13H,2-3H2,1H3;5,13H,1-4H2;4,12H,1-3H2;2*2-3,9,12H,1H2/p-8. The van der Waals surface area contributed by atoms with Crippen LogP contribution in [0.4, 0.5) is 70.2 Å². The Balaban J connectivity index is 0.000000294. The molecule has 2 N–H and O–H groups in total. The molecule has 4 aliphatic carbocycles. The first-order valence-corrected chi connectivity index (χ1v) is 44.8. The molecule has 8 saturated heterocycles. The van der Waals surface area contributed by atoms with Crippen molar-refractivity contribution in [1.82, 2.24) is 0 Å². The maximum Gasteiger partial charge on any atom is 0.415 e. The zero-order valence-electron chi connectivity index (χ0n) is 71.6. The lowest BCUT2D eigenvalue weighted by Gasteiger charge is -2.34. The summed E-state index contributed by atoms with van der Waals surface area (Å²) in [6.07, 6.45) is -8.83. The van der Waals surface area contributed by atoms with E-state index in [-0.39, 0.29) is 99.1 Å². The molecule has 12 fully saturated rings. The van der Waals surface area contributed by atoms with Crippen LogP contribution in [0.5, 0.6) is 0 Å². The molecule has 19 atom stereocenters. The highest BCUT2D eigenvalue weighted by atomic mass is 32.2. The molecule has 12 rings (SSSR count). The van der Waals surface area contributed by atoms with E-state index in [1.54, 1.807) is 13.8 Å². The summed E-state index contributed by atoms with van der Waals surface area (Å²) in [6.45, 7) is 3.84. The number of hydrogen-bond acceptors (Lipinski definition) is 66. The van der Waals surface area contributed by atoms with E-state index in [0.29, 0.717) is 57.8 Å². The summed E-state index contributed by atoms with van der Waals surface area (Å²) in [6, 6.07) is 0. The van der Waals surface area contributed by atoms with Crippen molar-refractivity contribution in [1.29, 1.82) is 0 Å². The largest absolute Gasteiger partial charge is 0.691 e. The van der Waals surface area contributed by atoms with Gasteiger partial charge in [-0.05, 0) is 97.8 Å². The van der Waals surface area contributed by atoms with E-state index >= 15 is 0 Å². The predicted molar refractivity (Wildman–Crippen MR) is 389 cm³/mol. The van der Waals surface area contributed by atoms with Gasteiger partial charge in [-0.3, -0.25) is 49.9 Å². The van der Waals surface area contributed by atoms with Crippen LogP contribution < -0.4 is 42.1 Å². The Morgan fingerprint density at radius 2 is 0.753 bits per heavy atom. The van der Waals surface area contributed by atoms with Crippen molar-refractivity contribution in [2.45, 2.75) is 225 Å². The van der Waals surface area contributed by atoms with E-state index in [9.17, 15) is 189 Å². The molecule has 0 radical (unpaired) electrons. The number of hydrogen-bond donors (Lipinski definition) is 2. The summed E-state index contributed by atoms with van der Waals surface area (Å²) in [5.41, 5.74) is -2.82. The number of carbonyl (C=O) groups is 16. The molecule has 0 aromatic heterocycles. The molecular weight excluding hydrogens is 2260 g/mol. The van der Waals surface area contributed by atoms with Gasteiger partial charge in [0.1, 0.15) is 140 Å². The summed E-state index contributed by atoms with van der Waals surface area (Å²) in [5.74, 6) is -23.5. The van der Waals surface area contributed by atoms with Gasteiger partial charge in [0.25, 0.3) is 0 Å². The van der Waals surface area contributed by atoms with Gasteiger partial charge in [0.2, 0.25) is 11.7 Å². The molecule has 19 unspecified atom stereocenters. The second kappa shape index (κ2) is 58.1. The van der Waals surface area contributed by atoms with Gasteiger partial charge >= 0.3 is 138 Å². The van der Waals surface area contributed by atoms with Crippen LogP contribution in [0.15, 0.2) is 0 Å². The first-order chi connectivity index (χ1) is 68.1. The summed E-state index contributed by atoms with van der Waals surface area (Å²) in [4.78, 5) is 178. The van der Waals surface area contributed by atoms with E-state index in [1.807, 2.05) is 0 Å². The normalized spacial score (nSPS) is 27.9. The molecule has 4 saturated carbocycles. The van der Waals surface area contributed by atoms with Gasteiger partial charge in [-0.1, -0.05) is 0 Å². The second-order valence-electron chi connectivity index (χ2n) is 29.4. The van der Waals surface area contributed by atoms with Crippen LogP contribution in [0.3, 0.4) is 0 Å². The summed E-state index contributed by atoms with van der Waals surface area (Å²) >= 11 is -6.53. The average molecular weight is 2320 g/mol. The fourth-order valence-corrected chi connectivity index (χ4v) is 15.5. The molecule has 146 heavy (non-hydrogen) atoms. The third-order valence-electron chi connectivity index (χ3n) is 20.0. The summed E-state index contributed by atoms with van der Waals surface area (Å²) in [7, 11) is 0. The van der Waals surface area contributed by atoms with E-state index in [4.69, 9.17) is 33.9 Å². The van der Waals surface area contributed by atoms with E-state index < -0.39 is 307 Å².